The van der Waals surface area contributed by atoms with Crippen molar-refractivity contribution in [1.29, 1.82) is 0 Å². The summed E-state index contributed by atoms with van der Waals surface area (Å²) in [6.45, 7) is 3.44. The summed E-state index contributed by atoms with van der Waals surface area (Å²) in [5, 5.41) is 17.2. The minimum Gasteiger partial charge on any atom is -0.396 e. The molecular weight excluding hydrogens is 280 g/mol. The van der Waals surface area contributed by atoms with Crippen LogP contribution < -0.4 is 0 Å². The summed E-state index contributed by atoms with van der Waals surface area (Å²) >= 11 is 0. The fourth-order valence-electron chi connectivity index (χ4n) is 2.99. The van der Waals surface area contributed by atoms with Gasteiger partial charge < -0.3 is 10.0 Å². The van der Waals surface area contributed by atoms with E-state index in [4.69, 9.17) is 0 Å². The topological polar surface area (TPSA) is 71.2 Å². The van der Waals surface area contributed by atoms with Gasteiger partial charge in [0.1, 0.15) is 12.7 Å². The summed E-state index contributed by atoms with van der Waals surface area (Å²) in [6, 6.07) is 7.45. The van der Waals surface area contributed by atoms with Gasteiger partial charge in [-0.05, 0) is 25.0 Å². The first-order valence-corrected chi connectivity index (χ1v) is 7.47. The molecule has 1 N–H and O–H groups in total. The third-order valence-corrected chi connectivity index (χ3v) is 4.28. The Morgan fingerprint density at radius 2 is 2.05 bits per heavy atom. The van der Waals surface area contributed by atoms with Gasteiger partial charge in [0.25, 0.3) is 5.91 Å². The molecule has 2 aromatic rings. The number of aliphatic hydroxyl groups excluding tert-OH is 1. The van der Waals surface area contributed by atoms with Gasteiger partial charge in [0.05, 0.1) is 17.9 Å². The average Bonchev–Trinajstić information content (AvgIpc) is 3.08. The highest BCUT2D eigenvalue weighted by molar-refractivity contribution is 5.97. The summed E-state index contributed by atoms with van der Waals surface area (Å²) in [4.78, 5) is 14.7. The zero-order valence-electron chi connectivity index (χ0n) is 12.6. The second-order valence-corrected chi connectivity index (χ2v) is 6.19. The van der Waals surface area contributed by atoms with Crippen molar-refractivity contribution >= 4 is 5.91 Å². The van der Waals surface area contributed by atoms with Crippen molar-refractivity contribution in [2.45, 2.75) is 19.8 Å². The molecular formula is C16H20N4O2. The van der Waals surface area contributed by atoms with Crippen molar-refractivity contribution < 1.29 is 9.90 Å². The Hall–Kier alpha value is -2.21. The SMILES string of the molecule is C[C@]1(CO)CCCN(C(=O)c2ccccc2-n2cnnc2)C1. The van der Waals surface area contributed by atoms with E-state index in [1.807, 2.05) is 36.1 Å². The van der Waals surface area contributed by atoms with Crippen LogP contribution in [0.4, 0.5) is 0 Å². The number of benzene rings is 1. The van der Waals surface area contributed by atoms with Crippen LogP contribution in [0.1, 0.15) is 30.1 Å². The quantitative estimate of drug-likeness (QED) is 0.932. The summed E-state index contributed by atoms with van der Waals surface area (Å²) in [5.41, 5.74) is 1.19. The van der Waals surface area contributed by atoms with Crippen LogP contribution in [0.5, 0.6) is 0 Å². The van der Waals surface area contributed by atoms with Crippen LogP contribution >= 0.6 is 0 Å². The van der Waals surface area contributed by atoms with Crippen molar-refractivity contribution in [2.24, 2.45) is 5.41 Å². The summed E-state index contributed by atoms with van der Waals surface area (Å²) < 4.78 is 1.74. The van der Waals surface area contributed by atoms with E-state index in [-0.39, 0.29) is 17.9 Å². The fourth-order valence-corrected chi connectivity index (χ4v) is 2.99. The molecule has 1 atom stereocenters. The second kappa shape index (κ2) is 5.88. The van der Waals surface area contributed by atoms with E-state index < -0.39 is 0 Å². The van der Waals surface area contributed by atoms with Gasteiger partial charge in [0, 0.05) is 18.5 Å². The van der Waals surface area contributed by atoms with Crippen LogP contribution in [0.25, 0.3) is 5.69 Å². The number of carbonyl (C=O) groups is 1. The molecule has 116 valence electrons. The molecule has 0 radical (unpaired) electrons. The zero-order valence-corrected chi connectivity index (χ0v) is 12.6. The Kier molecular flexibility index (Phi) is 3.94. The van der Waals surface area contributed by atoms with E-state index in [9.17, 15) is 9.90 Å². The molecule has 0 saturated carbocycles. The van der Waals surface area contributed by atoms with Crippen molar-refractivity contribution in [3.8, 4) is 5.69 Å². The maximum absolute atomic E-state index is 12.9. The highest BCUT2D eigenvalue weighted by Gasteiger charge is 2.33. The number of rotatable bonds is 3. The first-order valence-electron chi connectivity index (χ1n) is 7.47. The predicted molar refractivity (Wildman–Crippen MR) is 81.7 cm³/mol. The number of amides is 1. The first kappa shape index (κ1) is 14.7. The Labute approximate surface area is 129 Å². The van der Waals surface area contributed by atoms with Crippen LogP contribution in [-0.2, 0) is 0 Å². The lowest BCUT2D eigenvalue weighted by Crippen LogP contribution is -2.46. The number of aromatic nitrogens is 3. The maximum Gasteiger partial charge on any atom is 0.256 e. The predicted octanol–water partition coefficient (Wildman–Crippen LogP) is 1.50. The summed E-state index contributed by atoms with van der Waals surface area (Å²) in [5.74, 6) is -0.0105. The minimum absolute atomic E-state index is 0.0105. The largest absolute Gasteiger partial charge is 0.396 e. The molecule has 0 unspecified atom stereocenters. The Morgan fingerprint density at radius 1 is 1.32 bits per heavy atom. The van der Waals surface area contributed by atoms with Crippen molar-refractivity contribution in [3.63, 3.8) is 0 Å². The first-order chi connectivity index (χ1) is 10.6. The Balaban J connectivity index is 1.90. The molecule has 1 aliphatic heterocycles. The molecule has 0 bridgehead atoms. The lowest BCUT2D eigenvalue weighted by Gasteiger charge is -2.39. The number of hydrogen-bond donors (Lipinski definition) is 1. The smallest absolute Gasteiger partial charge is 0.256 e. The van der Waals surface area contributed by atoms with E-state index in [1.165, 1.54) is 0 Å². The zero-order chi connectivity index (χ0) is 15.6. The maximum atomic E-state index is 12.9. The molecule has 1 amide bonds. The molecule has 6 nitrogen and oxygen atoms in total. The van der Waals surface area contributed by atoms with E-state index >= 15 is 0 Å². The van der Waals surface area contributed by atoms with Gasteiger partial charge in [0.2, 0.25) is 0 Å². The number of carbonyl (C=O) groups excluding carboxylic acids is 1. The van der Waals surface area contributed by atoms with Crippen LogP contribution in [0.15, 0.2) is 36.9 Å². The third-order valence-electron chi connectivity index (χ3n) is 4.28. The molecule has 0 spiro atoms. The molecule has 2 heterocycles. The number of para-hydroxylation sites is 1. The van der Waals surface area contributed by atoms with Crippen LogP contribution in [-0.4, -0.2) is 50.4 Å². The third kappa shape index (κ3) is 2.74. The molecule has 1 aliphatic rings. The van der Waals surface area contributed by atoms with Gasteiger partial charge in [0.15, 0.2) is 0 Å². The monoisotopic (exact) mass is 300 g/mol. The van der Waals surface area contributed by atoms with Gasteiger partial charge in [-0.25, -0.2) is 0 Å². The lowest BCUT2D eigenvalue weighted by molar-refractivity contribution is 0.0358. The minimum atomic E-state index is -0.209. The molecule has 1 aromatic heterocycles. The molecule has 0 aliphatic carbocycles. The van der Waals surface area contributed by atoms with Crippen molar-refractivity contribution in [2.75, 3.05) is 19.7 Å². The number of nitrogens with zero attached hydrogens (tertiary/aromatic N) is 4. The number of aliphatic hydroxyl groups is 1. The number of piperidine rings is 1. The molecule has 1 fully saturated rings. The highest BCUT2D eigenvalue weighted by atomic mass is 16.3. The number of likely N-dealkylation sites (tertiary alicyclic amines) is 1. The molecule has 3 rings (SSSR count). The average molecular weight is 300 g/mol. The normalized spacial score (nSPS) is 21.8. The second-order valence-electron chi connectivity index (χ2n) is 6.19. The lowest BCUT2D eigenvalue weighted by atomic mass is 9.82. The van der Waals surface area contributed by atoms with E-state index in [1.54, 1.807) is 17.2 Å². The van der Waals surface area contributed by atoms with E-state index in [0.717, 1.165) is 25.1 Å². The fraction of sp³-hybridized carbons (Fsp3) is 0.438. The number of hydrogen-bond acceptors (Lipinski definition) is 4. The summed E-state index contributed by atoms with van der Waals surface area (Å²) in [6.07, 6.45) is 5.03. The Bertz CT molecular complexity index is 656. The van der Waals surface area contributed by atoms with Crippen LogP contribution in [0.3, 0.4) is 0 Å². The van der Waals surface area contributed by atoms with E-state index in [2.05, 4.69) is 10.2 Å². The van der Waals surface area contributed by atoms with E-state index in [0.29, 0.717) is 12.1 Å². The van der Waals surface area contributed by atoms with Crippen LogP contribution in [0.2, 0.25) is 0 Å². The highest BCUT2D eigenvalue weighted by Crippen LogP contribution is 2.30. The molecule has 1 saturated heterocycles. The van der Waals surface area contributed by atoms with Gasteiger partial charge in [-0.15, -0.1) is 10.2 Å². The standard InChI is InChI=1S/C16H20N4O2/c1-16(10-21)7-4-8-19(9-16)15(22)13-5-2-3-6-14(13)20-11-17-18-12-20/h2-3,5-6,11-12,21H,4,7-10H2,1H3/t16-/m0/s1. The van der Waals surface area contributed by atoms with Crippen molar-refractivity contribution in [3.05, 3.63) is 42.5 Å². The Morgan fingerprint density at radius 3 is 2.77 bits per heavy atom. The van der Waals surface area contributed by atoms with Gasteiger partial charge in [-0.3, -0.25) is 9.36 Å². The van der Waals surface area contributed by atoms with Gasteiger partial charge in [-0.2, -0.15) is 0 Å². The van der Waals surface area contributed by atoms with Crippen molar-refractivity contribution in [1.82, 2.24) is 19.7 Å². The van der Waals surface area contributed by atoms with Gasteiger partial charge in [-0.1, -0.05) is 19.1 Å². The van der Waals surface area contributed by atoms with Crippen LogP contribution in [0, 0.1) is 5.41 Å². The molecule has 22 heavy (non-hydrogen) atoms. The molecule has 1 aromatic carbocycles. The van der Waals surface area contributed by atoms with Gasteiger partial charge >= 0.3 is 0 Å². The summed E-state index contributed by atoms with van der Waals surface area (Å²) in [7, 11) is 0. The molecule has 6 heteroatoms.